The van der Waals surface area contributed by atoms with Crippen molar-refractivity contribution in [3.8, 4) is 0 Å². The zero-order valence-electron chi connectivity index (χ0n) is 56.3. The molecule has 2 saturated heterocycles. The van der Waals surface area contributed by atoms with Crippen LogP contribution in [0.5, 0.6) is 0 Å². The van der Waals surface area contributed by atoms with Gasteiger partial charge in [-0.25, -0.2) is 19.9 Å². The minimum atomic E-state index is -1.12. The fourth-order valence-electron chi connectivity index (χ4n) is 14.1. The molecular formula is C73H110N12O7. The van der Waals surface area contributed by atoms with Crippen LogP contribution in [0.15, 0.2) is 61.3 Å². The Bertz CT molecular complexity index is 3180. The average Bonchev–Trinajstić information content (AvgIpc) is 1.63. The Hall–Kier alpha value is -6.28. The molecule has 3 aliphatic heterocycles. The van der Waals surface area contributed by atoms with Crippen molar-refractivity contribution in [1.82, 2.24) is 49.9 Å². The number of amides is 4. The van der Waals surface area contributed by atoms with Crippen molar-refractivity contribution in [2.75, 3.05) is 36.8 Å². The monoisotopic (exact) mass is 1270 g/mol. The molecule has 5 atom stereocenters. The summed E-state index contributed by atoms with van der Waals surface area (Å²) in [6, 6.07) is 11.7. The number of aryl methyl sites for hydroxylation is 1. The number of aliphatic hydroxyl groups excluding tert-OH is 2. The van der Waals surface area contributed by atoms with Gasteiger partial charge in [-0.3, -0.25) is 33.5 Å². The summed E-state index contributed by atoms with van der Waals surface area (Å²) in [4.78, 5) is 77.2. The third-order valence-corrected chi connectivity index (χ3v) is 19.8. The van der Waals surface area contributed by atoms with Gasteiger partial charge in [-0.15, -0.1) is 0 Å². The van der Waals surface area contributed by atoms with Crippen LogP contribution in [0.4, 0.5) is 11.5 Å². The smallest absolute Gasteiger partial charge is 0.264 e. The van der Waals surface area contributed by atoms with Crippen LogP contribution in [0, 0.1) is 5.92 Å². The lowest BCUT2D eigenvalue weighted by Gasteiger charge is -2.46. The summed E-state index contributed by atoms with van der Waals surface area (Å²) in [5.41, 5.74) is 6.71. The number of aliphatic hydroxyl groups is 2. The second-order valence-electron chi connectivity index (χ2n) is 28.4. The highest BCUT2D eigenvalue weighted by molar-refractivity contribution is 6.25. The number of allylic oxidation sites excluding steroid dienone is 1. The highest BCUT2D eigenvalue weighted by Gasteiger charge is 2.48. The number of carbonyl (C=O) groups excluding carboxylic acids is 4. The number of aromatic nitrogens is 6. The van der Waals surface area contributed by atoms with Crippen molar-refractivity contribution in [2.45, 2.75) is 282 Å². The van der Waals surface area contributed by atoms with Crippen LogP contribution in [0.1, 0.15) is 266 Å². The van der Waals surface area contributed by atoms with Gasteiger partial charge in [-0.05, 0) is 113 Å². The van der Waals surface area contributed by atoms with E-state index in [1.807, 2.05) is 6.07 Å². The number of anilines is 2. The van der Waals surface area contributed by atoms with Crippen LogP contribution < -0.4 is 21.3 Å². The summed E-state index contributed by atoms with van der Waals surface area (Å²) in [7, 11) is 0. The molecule has 1 aliphatic carbocycles. The maximum Gasteiger partial charge on any atom is 0.264 e. The van der Waals surface area contributed by atoms with Crippen molar-refractivity contribution >= 4 is 57.3 Å². The molecule has 4 aliphatic rings. The maximum atomic E-state index is 13.4. The number of rotatable bonds is 41. The molecule has 5 aromatic rings. The Balaban J connectivity index is 0.520. The molecule has 7 N–H and O–H groups in total. The quantitative estimate of drug-likeness (QED) is 0.0142. The van der Waals surface area contributed by atoms with Crippen LogP contribution in [0.25, 0.3) is 22.2 Å². The Labute approximate surface area is 547 Å². The summed E-state index contributed by atoms with van der Waals surface area (Å²) in [6.45, 7) is 17.7. The summed E-state index contributed by atoms with van der Waals surface area (Å²) >= 11 is 0. The fraction of sp³-hybridized carbons (Fsp3) is 0.671. The summed E-state index contributed by atoms with van der Waals surface area (Å²) < 4.78 is 8.23. The number of carbonyl (C=O) groups is 4. The molecule has 1 saturated carbocycles. The Morgan fingerprint density at radius 1 is 0.761 bits per heavy atom. The first-order chi connectivity index (χ1) is 44.5. The van der Waals surface area contributed by atoms with Crippen LogP contribution in [-0.4, -0.2) is 136 Å². The van der Waals surface area contributed by atoms with Crippen LogP contribution in [0.3, 0.4) is 0 Å². The van der Waals surface area contributed by atoms with E-state index in [2.05, 4.69) is 105 Å². The second-order valence-corrected chi connectivity index (χ2v) is 28.4. The first kappa shape index (κ1) is 70.0. The molecule has 504 valence electrons. The SMILES string of the molecule is C=C1CCC(N2C(=O)c3cccc(NCCCCCCCCCCCC(=O)NCCCCCCCCCCCCCCCCCNc4ncnc5c4ncn5[C@@H]4O[C@H](CN(C(C)C)C5CC(CCc6nc7ccc(C(C)(C)C)cc7[nH]6)C5)C(O)[C@@H]4O)c3C2=O)C(=O)N1. The lowest BCUT2D eigenvalue weighted by molar-refractivity contribution is -0.125. The van der Waals surface area contributed by atoms with Crippen molar-refractivity contribution in [1.29, 1.82) is 0 Å². The molecule has 19 nitrogen and oxygen atoms in total. The number of H-pyrrole nitrogens is 1. The first-order valence-electron chi connectivity index (χ1n) is 35.7. The van der Waals surface area contributed by atoms with Gasteiger partial charge in [0.15, 0.2) is 23.2 Å². The normalized spacial score (nSPS) is 20.9. The zero-order chi connectivity index (χ0) is 65.0. The second kappa shape index (κ2) is 34.8. The van der Waals surface area contributed by atoms with Gasteiger partial charge in [0, 0.05) is 62.5 Å². The number of fused-ring (bicyclic) bond motifs is 3. The molecule has 92 heavy (non-hydrogen) atoms. The first-order valence-corrected chi connectivity index (χ1v) is 35.7. The Morgan fingerprint density at radius 2 is 1.38 bits per heavy atom. The maximum absolute atomic E-state index is 13.4. The van der Waals surface area contributed by atoms with E-state index in [1.165, 1.54) is 108 Å². The summed E-state index contributed by atoms with van der Waals surface area (Å²) in [5.74, 6) is 1.35. The minimum absolute atomic E-state index is 0.0935. The highest BCUT2D eigenvalue weighted by Crippen LogP contribution is 2.40. The molecule has 19 heteroatoms. The molecule has 4 amide bonds. The Kier molecular flexibility index (Phi) is 26.5. The number of unbranched alkanes of at least 4 members (excludes halogenated alkanes) is 22. The number of piperidine rings is 1. The predicted octanol–water partition coefficient (Wildman–Crippen LogP) is 13.5. The molecule has 6 heterocycles. The van der Waals surface area contributed by atoms with E-state index in [-0.39, 0.29) is 23.3 Å². The van der Waals surface area contributed by atoms with E-state index in [4.69, 9.17) is 9.72 Å². The number of hydrogen-bond donors (Lipinski definition) is 7. The van der Waals surface area contributed by atoms with Crippen molar-refractivity contribution in [3.63, 3.8) is 0 Å². The van der Waals surface area contributed by atoms with Crippen molar-refractivity contribution < 1.29 is 34.1 Å². The molecule has 0 radical (unpaired) electrons. The lowest BCUT2D eigenvalue weighted by Crippen LogP contribution is -2.52. The molecule has 3 fully saturated rings. The molecule has 3 aromatic heterocycles. The van der Waals surface area contributed by atoms with Gasteiger partial charge >= 0.3 is 0 Å². The van der Waals surface area contributed by atoms with E-state index in [9.17, 15) is 29.4 Å². The number of hydrogen-bond acceptors (Lipinski definition) is 14. The number of nitrogens with zero attached hydrogens (tertiary/aromatic N) is 7. The standard InChI is InChI=1S/C73H110N12O7/c1-50(2)83(54-44-52(45-54)36-40-61-81-56-38-37-53(73(4,5)6)46-58(56)82-61)47-60-65(87)66(88)72(92-60)84-49-79-64-67(77-48-78-68(64)84)76-43-30-26-22-17-13-11-9-7-8-10-12-16-21-25-29-42-75-62(86)34-27-23-19-15-14-18-20-24-28-41-74-57-33-31-32-55-63(57)71(91)85(70(55)90)59-39-35-51(3)80-69(59)89/h31-33,37-38,46,48-50,52,54,59-60,65-66,72,74,87-88H,3,7-30,34-36,39-45,47H2,1-2,4-6H3,(H,75,86)(H,80,89)(H,81,82)(H,76,77,78)/t52?,54?,59?,60-,65?,66+,72-/m1/s1. The van der Waals surface area contributed by atoms with Gasteiger partial charge in [0.25, 0.3) is 11.8 Å². The number of benzene rings is 2. The average molecular weight is 1270 g/mol. The molecule has 2 aromatic carbocycles. The molecule has 2 unspecified atom stereocenters. The molecular weight excluding hydrogens is 1160 g/mol. The third kappa shape index (κ3) is 19.2. The number of imidazole rings is 2. The summed E-state index contributed by atoms with van der Waals surface area (Å²) in [5, 5.41) is 35.4. The van der Waals surface area contributed by atoms with Gasteiger partial charge in [0.2, 0.25) is 11.8 Å². The van der Waals surface area contributed by atoms with E-state index in [0.717, 1.165) is 118 Å². The minimum Gasteiger partial charge on any atom is -0.387 e. The molecule has 0 bridgehead atoms. The van der Waals surface area contributed by atoms with Gasteiger partial charge in [-0.1, -0.05) is 168 Å². The molecule has 9 rings (SSSR count). The fourth-order valence-corrected chi connectivity index (χ4v) is 14.1. The van der Waals surface area contributed by atoms with Crippen LogP contribution in [-0.2, 0) is 26.2 Å². The van der Waals surface area contributed by atoms with Crippen molar-refractivity contribution in [3.05, 3.63) is 83.8 Å². The van der Waals surface area contributed by atoms with E-state index >= 15 is 0 Å². The topological polar surface area (TPSA) is 245 Å². The number of imide groups is 1. The van der Waals surface area contributed by atoms with Gasteiger partial charge in [-0.2, -0.15) is 0 Å². The largest absolute Gasteiger partial charge is 0.387 e. The summed E-state index contributed by atoms with van der Waals surface area (Å²) in [6.07, 6.45) is 34.1. The Morgan fingerprint density at radius 3 is 2.01 bits per heavy atom. The van der Waals surface area contributed by atoms with Crippen LogP contribution >= 0.6 is 0 Å². The third-order valence-electron chi connectivity index (χ3n) is 19.8. The van der Waals surface area contributed by atoms with Gasteiger partial charge in [0.05, 0.1) is 28.5 Å². The zero-order valence-corrected chi connectivity index (χ0v) is 56.3. The van der Waals surface area contributed by atoms with E-state index in [0.29, 0.717) is 83.8 Å². The van der Waals surface area contributed by atoms with E-state index < -0.39 is 42.4 Å². The number of aromatic amines is 1. The van der Waals surface area contributed by atoms with Gasteiger partial charge < -0.3 is 41.2 Å². The predicted molar refractivity (Wildman–Crippen MR) is 365 cm³/mol. The molecule has 0 spiro atoms. The highest BCUT2D eigenvalue weighted by atomic mass is 16.6. The number of nitrogens with one attached hydrogen (secondary N) is 5. The van der Waals surface area contributed by atoms with Gasteiger partial charge in [0.1, 0.15) is 36.5 Å². The number of ether oxygens (including phenoxy) is 1. The van der Waals surface area contributed by atoms with Crippen LogP contribution in [0.2, 0.25) is 0 Å². The van der Waals surface area contributed by atoms with E-state index in [1.54, 1.807) is 23.0 Å². The lowest BCUT2D eigenvalue weighted by atomic mass is 9.76. The van der Waals surface area contributed by atoms with Crippen molar-refractivity contribution in [2.24, 2.45) is 5.92 Å².